The highest BCUT2D eigenvalue weighted by Crippen LogP contribution is 2.43. The largest absolute Gasteiger partial charge is 0.314 e. The first-order chi connectivity index (χ1) is 8.92. The van der Waals surface area contributed by atoms with E-state index < -0.39 is 0 Å². The third kappa shape index (κ3) is 3.31. The van der Waals surface area contributed by atoms with Crippen LogP contribution in [-0.2, 0) is 6.42 Å². The Bertz CT molecular complexity index is 345. The molecule has 2 aliphatic rings. The fourth-order valence-corrected chi connectivity index (χ4v) is 3.32. The number of hydrogen-bond donors (Lipinski definition) is 2. The van der Waals surface area contributed by atoms with Crippen molar-refractivity contribution in [3.8, 4) is 0 Å². The van der Waals surface area contributed by atoms with Gasteiger partial charge in [0.2, 0.25) is 0 Å². The molecule has 2 unspecified atom stereocenters. The van der Waals surface area contributed by atoms with Gasteiger partial charge in [0.15, 0.2) is 0 Å². The lowest BCUT2D eigenvalue weighted by atomic mass is 9.82. The van der Waals surface area contributed by atoms with Crippen LogP contribution >= 0.6 is 0 Å². The molecule has 100 valence electrons. The van der Waals surface area contributed by atoms with Crippen molar-refractivity contribution < 1.29 is 0 Å². The molecule has 4 nitrogen and oxygen atoms in total. The van der Waals surface area contributed by atoms with Gasteiger partial charge in [-0.15, -0.1) is 0 Å². The van der Waals surface area contributed by atoms with Crippen LogP contribution in [0.15, 0.2) is 6.33 Å². The third-order valence-electron chi connectivity index (χ3n) is 4.49. The molecule has 0 bridgehead atoms. The number of aromatic amines is 1. The molecule has 0 aliphatic heterocycles. The molecular formula is C14H24N4. The van der Waals surface area contributed by atoms with Gasteiger partial charge in [-0.1, -0.05) is 12.8 Å². The molecule has 2 aliphatic carbocycles. The fourth-order valence-electron chi connectivity index (χ4n) is 3.32. The van der Waals surface area contributed by atoms with E-state index in [0.29, 0.717) is 0 Å². The first-order valence-electron chi connectivity index (χ1n) is 7.49. The summed E-state index contributed by atoms with van der Waals surface area (Å²) in [5.41, 5.74) is 0. The van der Waals surface area contributed by atoms with Gasteiger partial charge in [0.1, 0.15) is 12.2 Å². The molecule has 0 aromatic carbocycles. The first kappa shape index (κ1) is 12.2. The second-order valence-corrected chi connectivity index (χ2v) is 5.95. The summed E-state index contributed by atoms with van der Waals surface area (Å²) in [6.45, 7) is 1.11. The van der Waals surface area contributed by atoms with Crippen LogP contribution in [0.4, 0.5) is 0 Å². The molecule has 2 N–H and O–H groups in total. The summed E-state index contributed by atoms with van der Waals surface area (Å²) in [6, 6.07) is 0.777. The van der Waals surface area contributed by atoms with Crippen molar-refractivity contribution in [2.45, 2.75) is 57.4 Å². The van der Waals surface area contributed by atoms with Crippen LogP contribution in [0.1, 0.15) is 50.8 Å². The maximum absolute atomic E-state index is 4.15. The second kappa shape index (κ2) is 5.83. The van der Waals surface area contributed by atoms with Gasteiger partial charge >= 0.3 is 0 Å². The van der Waals surface area contributed by atoms with Crippen molar-refractivity contribution >= 4 is 0 Å². The van der Waals surface area contributed by atoms with E-state index in [4.69, 9.17) is 0 Å². The summed E-state index contributed by atoms with van der Waals surface area (Å²) in [4.78, 5) is 4.15. The molecule has 1 heterocycles. The van der Waals surface area contributed by atoms with Crippen LogP contribution in [0, 0.1) is 11.8 Å². The van der Waals surface area contributed by atoms with E-state index in [2.05, 4.69) is 20.5 Å². The Morgan fingerprint density at radius 3 is 2.94 bits per heavy atom. The van der Waals surface area contributed by atoms with Crippen molar-refractivity contribution in [3.05, 3.63) is 12.2 Å². The predicted molar refractivity (Wildman–Crippen MR) is 71.2 cm³/mol. The van der Waals surface area contributed by atoms with Gasteiger partial charge in [-0.25, -0.2) is 4.98 Å². The molecule has 0 saturated heterocycles. The number of nitrogens with zero attached hydrogens (tertiary/aromatic N) is 2. The number of aromatic nitrogens is 3. The van der Waals surface area contributed by atoms with E-state index >= 15 is 0 Å². The minimum absolute atomic E-state index is 0.777. The Hall–Kier alpha value is -0.900. The molecule has 2 fully saturated rings. The van der Waals surface area contributed by atoms with Gasteiger partial charge < -0.3 is 5.32 Å². The maximum Gasteiger partial charge on any atom is 0.137 e. The molecular weight excluding hydrogens is 224 g/mol. The van der Waals surface area contributed by atoms with Crippen molar-refractivity contribution in [2.75, 3.05) is 6.54 Å². The minimum atomic E-state index is 0.777. The lowest BCUT2D eigenvalue weighted by molar-refractivity contribution is 0.261. The topological polar surface area (TPSA) is 53.6 Å². The lowest BCUT2D eigenvalue weighted by Gasteiger charge is -2.30. The van der Waals surface area contributed by atoms with E-state index in [9.17, 15) is 0 Å². The van der Waals surface area contributed by atoms with Crippen LogP contribution in [0.3, 0.4) is 0 Å². The Labute approximate surface area is 109 Å². The van der Waals surface area contributed by atoms with Crippen LogP contribution in [-0.4, -0.2) is 27.8 Å². The van der Waals surface area contributed by atoms with Crippen molar-refractivity contribution in [1.82, 2.24) is 20.5 Å². The molecule has 2 saturated carbocycles. The SMILES string of the molecule is c1n[nH]c(CCCNC2CCCC(C3CC3)C2)n1. The van der Waals surface area contributed by atoms with Gasteiger partial charge in [-0.2, -0.15) is 5.10 Å². The summed E-state index contributed by atoms with van der Waals surface area (Å²) in [7, 11) is 0. The standard InChI is InChI=1S/C14H24N4/c1-3-12(11-6-7-11)9-13(4-1)15-8-2-5-14-16-10-17-18-14/h10-13,15H,1-9H2,(H,16,17,18). The summed E-state index contributed by atoms with van der Waals surface area (Å²) in [5.74, 6) is 3.13. The number of aryl methyl sites for hydroxylation is 1. The van der Waals surface area contributed by atoms with E-state index in [-0.39, 0.29) is 0 Å². The minimum Gasteiger partial charge on any atom is -0.314 e. The number of H-pyrrole nitrogens is 1. The zero-order chi connectivity index (χ0) is 12.2. The number of hydrogen-bond acceptors (Lipinski definition) is 3. The summed E-state index contributed by atoms with van der Waals surface area (Å²) in [5, 5.41) is 10.5. The Morgan fingerprint density at radius 1 is 1.22 bits per heavy atom. The molecule has 1 aromatic rings. The molecule has 0 amide bonds. The highest BCUT2D eigenvalue weighted by Gasteiger charge is 2.34. The van der Waals surface area contributed by atoms with Gasteiger partial charge in [-0.05, 0) is 50.5 Å². The molecule has 18 heavy (non-hydrogen) atoms. The first-order valence-corrected chi connectivity index (χ1v) is 7.49. The van der Waals surface area contributed by atoms with Crippen LogP contribution in [0.2, 0.25) is 0 Å². The maximum atomic E-state index is 4.15. The van der Waals surface area contributed by atoms with Gasteiger partial charge in [0, 0.05) is 12.5 Å². The quantitative estimate of drug-likeness (QED) is 0.759. The Morgan fingerprint density at radius 2 is 2.17 bits per heavy atom. The predicted octanol–water partition coefficient (Wildman–Crippen LogP) is 2.30. The summed E-state index contributed by atoms with van der Waals surface area (Å²) < 4.78 is 0. The van der Waals surface area contributed by atoms with E-state index in [1.54, 1.807) is 6.33 Å². The molecule has 3 rings (SSSR count). The summed E-state index contributed by atoms with van der Waals surface area (Å²) in [6.07, 6.45) is 12.5. The highest BCUT2D eigenvalue weighted by molar-refractivity contribution is 4.88. The number of nitrogens with one attached hydrogen (secondary N) is 2. The van der Waals surface area contributed by atoms with Gasteiger partial charge in [-0.3, -0.25) is 5.10 Å². The zero-order valence-corrected chi connectivity index (χ0v) is 11.1. The lowest BCUT2D eigenvalue weighted by Crippen LogP contribution is -2.35. The monoisotopic (exact) mass is 248 g/mol. The zero-order valence-electron chi connectivity index (χ0n) is 11.1. The fraction of sp³-hybridized carbons (Fsp3) is 0.857. The third-order valence-corrected chi connectivity index (χ3v) is 4.49. The van der Waals surface area contributed by atoms with Crippen LogP contribution < -0.4 is 5.32 Å². The average Bonchev–Trinajstić information content (AvgIpc) is 3.13. The Kier molecular flexibility index (Phi) is 3.93. The normalized spacial score (nSPS) is 28.4. The van der Waals surface area contributed by atoms with Crippen molar-refractivity contribution in [3.63, 3.8) is 0 Å². The molecule has 4 heteroatoms. The van der Waals surface area contributed by atoms with Crippen molar-refractivity contribution in [1.29, 1.82) is 0 Å². The van der Waals surface area contributed by atoms with Crippen LogP contribution in [0.25, 0.3) is 0 Å². The van der Waals surface area contributed by atoms with E-state index in [1.165, 1.54) is 38.5 Å². The Balaban J connectivity index is 1.32. The van der Waals surface area contributed by atoms with Crippen molar-refractivity contribution in [2.24, 2.45) is 11.8 Å². The van der Waals surface area contributed by atoms with Crippen LogP contribution in [0.5, 0.6) is 0 Å². The average molecular weight is 248 g/mol. The smallest absolute Gasteiger partial charge is 0.137 e. The van der Waals surface area contributed by atoms with Gasteiger partial charge in [0.05, 0.1) is 0 Å². The molecule has 2 atom stereocenters. The van der Waals surface area contributed by atoms with Gasteiger partial charge in [0.25, 0.3) is 0 Å². The number of rotatable bonds is 6. The second-order valence-electron chi connectivity index (χ2n) is 5.95. The summed E-state index contributed by atoms with van der Waals surface area (Å²) >= 11 is 0. The van der Waals surface area contributed by atoms with E-state index in [0.717, 1.165) is 43.1 Å². The molecule has 0 spiro atoms. The highest BCUT2D eigenvalue weighted by atomic mass is 15.2. The molecule has 0 radical (unpaired) electrons. The molecule has 1 aromatic heterocycles. The van der Waals surface area contributed by atoms with E-state index in [1.807, 2.05) is 0 Å².